The molecule has 0 aromatic heterocycles. The van der Waals surface area contributed by atoms with Crippen LogP contribution < -0.4 is 5.32 Å². The highest BCUT2D eigenvalue weighted by Crippen LogP contribution is 2.33. The minimum Gasteiger partial charge on any atom is -0.387 e. The number of benzene rings is 3. The molecule has 36 heavy (non-hydrogen) atoms. The number of nitrogens with one attached hydrogen (secondary N) is 1. The number of halogens is 5. The van der Waals surface area contributed by atoms with Crippen LogP contribution in [0.3, 0.4) is 0 Å². The van der Waals surface area contributed by atoms with Crippen molar-refractivity contribution in [1.29, 1.82) is 0 Å². The Labute approximate surface area is 220 Å². The molecule has 0 atom stereocenters. The quantitative estimate of drug-likeness (QED) is 0.329. The summed E-state index contributed by atoms with van der Waals surface area (Å²) in [4.78, 5) is 15.3. The van der Waals surface area contributed by atoms with Gasteiger partial charge in [-0.15, -0.1) is 0 Å². The molecule has 3 aromatic carbocycles. The fraction of sp³-hybridized carbons (Fsp3) is 0.321. The lowest BCUT2D eigenvalue weighted by molar-refractivity contribution is -0.137. The predicted octanol–water partition coefficient (Wildman–Crippen LogP) is 8.24. The Morgan fingerprint density at radius 1 is 0.917 bits per heavy atom. The number of rotatable bonds is 7. The highest BCUT2D eigenvalue weighted by molar-refractivity contribution is 6.44. The number of anilines is 1. The Morgan fingerprint density at radius 2 is 1.58 bits per heavy atom. The number of alkyl halides is 3. The maximum absolute atomic E-state index is 13.7. The Balaban J connectivity index is 1.94. The third-order valence-corrected chi connectivity index (χ3v) is 6.79. The van der Waals surface area contributed by atoms with Crippen molar-refractivity contribution in [3.63, 3.8) is 0 Å². The van der Waals surface area contributed by atoms with Crippen molar-refractivity contribution in [2.75, 3.05) is 18.9 Å². The average Bonchev–Trinajstić information content (AvgIpc) is 2.82. The molecule has 0 fully saturated rings. The van der Waals surface area contributed by atoms with Crippen LogP contribution in [0.4, 0.5) is 18.9 Å². The molecule has 3 nitrogen and oxygen atoms in total. The second kappa shape index (κ2) is 11.1. The molecule has 0 aliphatic carbocycles. The van der Waals surface area contributed by atoms with Crippen molar-refractivity contribution in [2.24, 2.45) is 0 Å². The number of carbonyl (C=O) groups is 1. The molecule has 192 valence electrons. The van der Waals surface area contributed by atoms with Gasteiger partial charge < -0.3 is 10.2 Å². The monoisotopic (exact) mass is 536 g/mol. The van der Waals surface area contributed by atoms with Gasteiger partial charge in [-0.1, -0.05) is 86.4 Å². The molecule has 3 rings (SSSR count). The number of nitrogens with zero attached hydrogens (tertiary/aromatic N) is 1. The van der Waals surface area contributed by atoms with E-state index in [4.69, 9.17) is 23.2 Å². The molecule has 0 radical (unpaired) electrons. The van der Waals surface area contributed by atoms with E-state index in [0.29, 0.717) is 11.3 Å². The fourth-order valence-electron chi connectivity index (χ4n) is 3.88. The van der Waals surface area contributed by atoms with Gasteiger partial charge in [-0.3, -0.25) is 4.79 Å². The van der Waals surface area contributed by atoms with Crippen LogP contribution in [0, 0.1) is 0 Å². The van der Waals surface area contributed by atoms with Gasteiger partial charge in [0.2, 0.25) is 0 Å². The minimum atomic E-state index is -4.43. The van der Waals surface area contributed by atoms with E-state index >= 15 is 0 Å². The van der Waals surface area contributed by atoms with Crippen LogP contribution in [0.2, 0.25) is 10.0 Å². The molecule has 3 aromatic rings. The lowest BCUT2D eigenvalue weighted by atomic mass is 9.87. The zero-order valence-corrected chi connectivity index (χ0v) is 22.2. The Morgan fingerprint density at radius 3 is 2.17 bits per heavy atom. The number of hydrogen-bond donors (Lipinski definition) is 1. The van der Waals surface area contributed by atoms with Crippen LogP contribution in [0.25, 0.3) is 0 Å². The second-order valence-corrected chi connectivity index (χ2v) is 10.4. The van der Waals surface area contributed by atoms with Gasteiger partial charge in [0, 0.05) is 25.8 Å². The lowest BCUT2D eigenvalue weighted by Crippen LogP contribution is -2.33. The number of carbonyl (C=O) groups excluding carboxylic acids is 1. The van der Waals surface area contributed by atoms with E-state index < -0.39 is 11.7 Å². The summed E-state index contributed by atoms with van der Waals surface area (Å²) in [5.74, 6) is -0.362. The zero-order chi connectivity index (χ0) is 26.7. The van der Waals surface area contributed by atoms with Crippen LogP contribution in [0.15, 0.2) is 60.7 Å². The van der Waals surface area contributed by atoms with E-state index in [9.17, 15) is 18.0 Å². The first-order valence-electron chi connectivity index (χ1n) is 11.5. The smallest absolute Gasteiger partial charge is 0.387 e. The molecular formula is C28H29Cl2F3N2O. The van der Waals surface area contributed by atoms with E-state index in [1.807, 2.05) is 24.3 Å². The number of hydrogen-bond acceptors (Lipinski definition) is 2. The topological polar surface area (TPSA) is 32.3 Å². The summed E-state index contributed by atoms with van der Waals surface area (Å²) < 4.78 is 39.6. The van der Waals surface area contributed by atoms with Crippen molar-refractivity contribution < 1.29 is 18.0 Å². The molecule has 0 unspecified atom stereocenters. The summed E-state index contributed by atoms with van der Waals surface area (Å²) in [6, 6.07) is 16.4. The van der Waals surface area contributed by atoms with Crippen molar-refractivity contribution in [1.82, 2.24) is 4.90 Å². The molecule has 1 amide bonds. The van der Waals surface area contributed by atoms with Gasteiger partial charge in [-0.25, -0.2) is 0 Å². The van der Waals surface area contributed by atoms with Crippen LogP contribution in [-0.2, 0) is 24.6 Å². The van der Waals surface area contributed by atoms with E-state index in [1.54, 1.807) is 30.1 Å². The van der Waals surface area contributed by atoms with E-state index in [-0.39, 0.29) is 46.4 Å². The first-order valence-corrected chi connectivity index (χ1v) is 12.3. The summed E-state index contributed by atoms with van der Waals surface area (Å²) in [5, 5.41) is 3.34. The van der Waals surface area contributed by atoms with Gasteiger partial charge in [-0.05, 0) is 46.7 Å². The molecular weight excluding hydrogens is 508 g/mol. The third kappa shape index (κ3) is 6.74. The summed E-state index contributed by atoms with van der Waals surface area (Å²) in [5.41, 5.74) is 2.53. The molecule has 8 heteroatoms. The van der Waals surface area contributed by atoms with Gasteiger partial charge >= 0.3 is 6.18 Å². The molecule has 0 aliphatic heterocycles. The van der Waals surface area contributed by atoms with Crippen LogP contribution in [0.5, 0.6) is 0 Å². The van der Waals surface area contributed by atoms with Crippen molar-refractivity contribution >= 4 is 34.8 Å². The first-order chi connectivity index (χ1) is 16.8. The number of amides is 1. The maximum atomic E-state index is 13.7. The highest BCUT2D eigenvalue weighted by Gasteiger charge is 2.30. The van der Waals surface area contributed by atoms with Crippen LogP contribution in [0.1, 0.15) is 53.4 Å². The molecule has 0 spiro atoms. The molecule has 0 heterocycles. The second-order valence-electron chi connectivity index (χ2n) is 9.66. The van der Waals surface area contributed by atoms with E-state index in [2.05, 4.69) is 26.1 Å². The predicted molar refractivity (Wildman–Crippen MR) is 141 cm³/mol. The summed E-state index contributed by atoms with van der Waals surface area (Å²) in [6.07, 6.45) is -4.20. The normalized spacial score (nSPS) is 11.9. The minimum absolute atomic E-state index is 0.0203. The Hall–Kier alpha value is -2.70. The van der Waals surface area contributed by atoms with Crippen molar-refractivity contribution in [2.45, 2.75) is 45.3 Å². The van der Waals surface area contributed by atoms with Crippen molar-refractivity contribution in [3.05, 3.63) is 98.5 Å². The lowest BCUT2D eigenvalue weighted by Gasteiger charge is -2.26. The standard InChI is InChI=1S/C28H29Cl2F3N2O/c1-27(2,3)20-10-8-19(9-11-20)17-35(15-14-18-6-5-7-21(16-18)28(31,32)33)26(36)24-23(34-4)13-12-22(29)25(24)30/h5-13,16,34H,14-15,17H2,1-4H3. The SMILES string of the molecule is CNc1ccc(Cl)c(Cl)c1C(=O)N(CCc1cccc(C(F)(F)F)c1)Cc1ccc(C(C)(C)C)cc1. The van der Waals surface area contributed by atoms with E-state index in [1.165, 1.54) is 6.07 Å². The van der Waals surface area contributed by atoms with Crippen LogP contribution in [-0.4, -0.2) is 24.4 Å². The Kier molecular flexibility index (Phi) is 8.63. The molecule has 0 saturated heterocycles. The maximum Gasteiger partial charge on any atom is 0.416 e. The molecule has 0 aliphatic rings. The van der Waals surface area contributed by atoms with Gasteiger partial charge in [0.1, 0.15) is 0 Å². The summed E-state index contributed by atoms with van der Waals surface area (Å²) in [7, 11) is 1.68. The van der Waals surface area contributed by atoms with Gasteiger partial charge in [-0.2, -0.15) is 13.2 Å². The van der Waals surface area contributed by atoms with Gasteiger partial charge in [0.25, 0.3) is 5.91 Å². The van der Waals surface area contributed by atoms with Gasteiger partial charge in [0.05, 0.1) is 21.2 Å². The summed E-state index contributed by atoms with van der Waals surface area (Å²) >= 11 is 12.6. The molecule has 0 saturated carbocycles. The van der Waals surface area contributed by atoms with Crippen molar-refractivity contribution in [3.8, 4) is 0 Å². The van der Waals surface area contributed by atoms with Gasteiger partial charge in [0.15, 0.2) is 0 Å². The highest BCUT2D eigenvalue weighted by atomic mass is 35.5. The third-order valence-electron chi connectivity index (χ3n) is 5.98. The largest absolute Gasteiger partial charge is 0.416 e. The zero-order valence-electron chi connectivity index (χ0n) is 20.6. The Bertz CT molecular complexity index is 1220. The first kappa shape index (κ1) is 27.9. The summed E-state index contributed by atoms with van der Waals surface area (Å²) in [6.45, 7) is 6.80. The van der Waals surface area contributed by atoms with Crippen LogP contribution >= 0.6 is 23.2 Å². The fourth-order valence-corrected chi connectivity index (χ4v) is 4.28. The molecule has 1 N–H and O–H groups in total. The average molecular weight is 537 g/mol. The van der Waals surface area contributed by atoms with E-state index in [0.717, 1.165) is 23.3 Å². The molecule has 0 bridgehead atoms.